The monoisotopic (exact) mass is 306 g/mol. The molecule has 9 heteroatoms. The lowest BCUT2D eigenvalue weighted by molar-refractivity contribution is 0.578. The van der Waals surface area contributed by atoms with Crippen LogP contribution in [0.3, 0.4) is 0 Å². The van der Waals surface area contributed by atoms with Gasteiger partial charge in [0.05, 0.1) is 17.5 Å². The van der Waals surface area contributed by atoms with Crippen molar-refractivity contribution in [2.75, 3.05) is 6.54 Å². The van der Waals surface area contributed by atoms with Gasteiger partial charge in [0, 0.05) is 25.4 Å². The van der Waals surface area contributed by atoms with Gasteiger partial charge >= 0.3 is 0 Å². The highest BCUT2D eigenvalue weighted by molar-refractivity contribution is 7.89. The minimum Gasteiger partial charge on any atom is -0.324 e. The van der Waals surface area contributed by atoms with Crippen molar-refractivity contribution in [1.29, 1.82) is 0 Å². The molecule has 2 heterocycles. The van der Waals surface area contributed by atoms with E-state index in [1.807, 2.05) is 5.38 Å². The molecule has 98 valence electrons. The molecule has 0 saturated carbocycles. The molecule has 0 fully saturated rings. The van der Waals surface area contributed by atoms with Crippen molar-refractivity contribution in [3.05, 3.63) is 28.1 Å². The fraction of sp³-hybridized carbons (Fsp3) is 0.333. The number of rotatable bonds is 5. The summed E-state index contributed by atoms with van der Waals surface area (Å²) in [6.45, 7) is 0.263. The molecule has 0 saturated heterocycles. The van der Waals surface area contributed by atoms with E-state index in [9.17, 15) is 8.42 Å². The third-order valence-corrected chi connectivity index (χ3v) is 4.83. The van der Waals surface area contributed by atoms with Gasteiger partial charge in [0.25, 0.3) is 10.0 Å². The molecule has 0 amide bonds. The van der Waals surface area contributed by atoms with Crippen LogP contribution >= 0.6 is 22.9 Å². The Hall–Kier alpha value is -0.960. The molecule has 0 unspecified atom stereocenters. The van der Waals surface area contributed by atoms with E-state index in [1.54, 1.807) is 12.6 Å². The molecular formula is C9H11ClN4O2S2. The summed E-state index contributed by atoms with van der Waals surface area (Å²) >= 11 is 7.32. The maximum atomic E-state index is 11.9. The van der Waals surface area contributed by atoms with Crippen molar-refractivity contribution in [2.45, 2.75) is 11.4 Å². The lowest BCUT2D eigenvalue weighted by atomic mass is 10.3. The molecule has 0 bridgehead atoms. The SMILES string of the molecule is Cn1cnc(S(=O)(=O)NCCc2cscn2)c1Cl. The molecule has 0 aliphatic rings. The Bertz CT molecular complexity index is 621. The van der Waals surface area contributed by atoms with Crippen LogP contribution in [0.15, 0.2) is 22.2 Å². The minimum atomic E-state index is -3.66. The predicted octanol–water partition coefficient (Wildman–Crippen LogP) is 1.05. The molecule has 0 atom stereocenters. The second kappa shape index (κ2) is 5.35. The zero-order valence-corrected chi connectivity index (χ0v) is 11.9. The second-order valence-electron chi connectivity index (χ2n) is 3.58. The van der Waals surface area contributed by atoms with E-state index < -0.39 is 10.0 Å². The fourth-order valence-electron chi connectivity index (χ4n) is 1.32. The van der Waals surface area contributed by atoms with Gasteiger partial charge < -0.3 is 4.57 Å². The van der Waals surface area contributed by atoms with Crippen LogP contribution in [0.5, 0.6) is 0 Å². The Morgan fingerprint density at radius 3 is 2.83 bits per heavy atom. The van der Waals surface area contributed by atoms with Gasteiger partial charge in [-0.2, -0.15) is 0 Å². The van der Waals surface area contributed by atoms with Crippen LogP contribution in [-0.4, -0.2) is 29.5 Å². The molecule has 0 spiro atoms. The zero-order valence-electron chi connectivity index (χ0n) is 9.50. The van der Waals surface area contributed by atoms with Crippen molar-refractivity contribution in [2.24, 2.45) is 7.05 Å². The minimum absolute atomic E-state index is 0.0937. The molecular weight excluding hydrogens is 296 g/mol. The van der Waals surface area contributed by atoms with Gasteiger partial charge in [-0.3, -0.25) is 0 Å². The number of imidazole rings is 1. The lowest BCUT2D eigenvalue weighted by Gasteiger charge is -2.03. The van der Waals surface area contributed by atoms with Gasteiger partial charge in [0.2, 0.25) is 5.03 Å². The van der Waals surface area contributed by atoms with Crippen molar-refractivity contribution in [1.82, 2.24) is 19.3 Å². The Morgan fingerprint density at radius 2 is 2.28 bits per heavy atom. The summed E-state index contributed by atoms with van der Waals surface area (Å²) in [7, 11) is -2.03. The number of sulfonamides is 1. The third kappa shape index (κ3) is 2.89. The summed E-state index contributed by atoms with van der Waals surface area (Å²) in [6, 6.07) is 0. The Kier molecular flexibility index (Phi) is 4.00. The highest BCUT2D eigenvalue weighted by Crippen LogP contribution is 2.18. The summed E-state index contributed by atoms with van der Waals surface area (Å²) in [4.78, 5) is 7.84. The second-order valence-corrected chi connectivity index (χ2v) is 6.34. The van der Waals surface area contributed by atoms with Gasteiger partial charge in [-0.25, -0.2) is 23.1 Å². The quantitative estimate of drug-likeness (QED) is 0.896. The highest BCUT2D eigenvalue weighted by atomic mass is 35.5. The van der Waals surface area contributed by atoms with E-state index in [0.717, 1.165) is 5.69 Å². The van der Waals surface area contributed by atoms with Crippen LogP contribution in [-0.2, 0) is 23.5 Å². The molecule has 6 nitrogen and oxygen atoms in total. The topological polar surface area (TPSA) is 76.9 Å². The molecule has 0 aliphatic heterocycles. The number of aryl methyl sites for hydroxylation is 1. The van der Waals surface area contributed by atoms with Crippen LogP contribution in [0, 0.1) is 0 Å². The summed E-state index contributed by atoms with van der Waals surface area (Å²) in [5.74, 6) is 0. The number of aromatic nitrogens is 3. The van der Waals surface area contributed by atoms with E-state index in [0.29, 0.717) is 6.42 Å². The van der Waals surface area contributed by atoms with Crippen LogP contribution in [0.4, 0.5) is 0 Å². The van der Waals surface area contributed by atoms with Crippen LogP contribution in [0.25, 0.3) is 0 Å². The third-order valence-electron chi connectivity index (χ3n) is 2.25. The first kappa shape index (κ1) is 13.5. The average molecular weight is 307 g/mol. The van der Waals surface area contributed by atoms with E-state index in [2.05, 4.69) is 14.7 Å². The molecule has 2 aromatic rings. The van der Waals surface area contributed by atoms with Gasteiger partial charge in [0.1, 0.15) is 5.15 Å². The van der Waals surface area contributed by atoms with Crippen molar-refractivity contribution < 1.29 is 8.42 Å². The van der Waals surface area contributed by atoms with Crippen LogP contribution in [0.1, 0.15) is 5.69 Å². The molecule has 18 heavy (non-hydrogen) atoms. The number of thiazole rings is 1. The smallest absolute Gasteiger partial charge is 0.261 e. The largest absolute Gasteiger partial charge is 0.324 e. The molecule has 0 radical (unpaired) electrons. The number of hydrogen-bond acceptors (Lipinski definition) is 5. The number of hydrogen-bond donors (Lipinski definition) is 1. The molecule has 1 N–H and O–H groups in total. The van der Waals surface area contributed by atoms with Crippen molar-refractivity contribution in [3.63, 3.8) is 0 Å². The number of nitrogens with zero attached hydrogens (tertiary/aromatic N) is 3. The molecule has 0 aromatic carbocycles. The summed E-state index contributed by atoms with van der Waals surface area (Å²) in [6.07, 6.45) is 1.89. The Balaban J connectivity index is 2.02. The van der Waals surface area contributed by atoms with Crippen LogP contribution < -0.4 is 4.72 Å². The summed E-state index contributed by atoms with van der Waals surface area (Å²) in [5, 5.41) is 1.82. The van der Waals surface area contributed by atoms with E-state index in [4.69, 9.17) is 11.6 Å². The van der Waals surface area contributed by atoms with Gasteiger partial charge in [0.15, 0.2) is 0 Å². The Morgan fingerprint density at radius 1 is 1.50 bits per heavy atom. The average Bonchev–Trinajstić information content (AvgIpc) is 2.91. The van der Waals surface area contributed by atoms with E-state index >= 15 is 0 Å². The van der Waals surface area contributed by atoms with Crippen molar-refractivity contribution in [3.8, 4) is 0 Å². The first-order valence-electron chi connectivity index (χ1n) is 5.04. The number of nitrogens with one attached hydrogen (secondary N) is 1. The van der Waals surface area contributed by atoms with Gasteiger partial charge in [-0.15, -0.1) is 11.3 Å². The highest BCUT2D eigenvalue weighted by Gasteiger charge is 2.21. The lowest BCUT2D eigenvalue weighted by Crippen LogP contribution is -2.26. The van der Waals surface area contributed by atoms with E-state index in [-0.39, 0.29) is 16.7 Å². The summed E-state index contributed by atoms with van der Waals surface area (Å²) < 4.78 is 27.7. The Labute approximate surface area is 114 Å². The molecule has 2 aromatic heterocycles. The predicted molar refractivity (Wildman–Crippen MR) is 69.2 cm³/mol. The van der Waals surface area contributed by atoms with Gasteiger partial charge in [-0.1, -0.05) is 11.6 Å². The normalized spacial score (nSPS) is 11.9. The standard InChI is InChI=1S/C9H11ClN4O2S2/c1-14-5-11-9(8(14)10)18(15,16)13-3-2-7-4-17-6-12-7/h4-6,13H,2-3H2,1H3. The summed E-state index contributed by atoms with van der Waals surface area (Å²) in [5.41, 5.74) is 2.56. The molecule has 2 rings (SSSR count). The van der Waals surface area contributed by atoms with Crippen LogP contribution in [0.2, 0.25) is 5.15 Å². The zero-order chi connectivity index (χ0) is 13.2. The maximum Gasteiger partial charge on any atom is 0.261 e. The first-order valence-corrected chi connectivity index (χ1v) is 7.84. The maximum absolute atomic E-state index is 11.9. The van der Waals surface area contributed by atoms with Gasteiger partial charge in [-0.05, 0) is 0 Å². The van der Waals surface area contributed by atoms with E-state index in [1.165, 1.54) is 22.2 Å². The fourth-order valence-corrected chi connectivity index (χ4v) is 3.37. The van der Waals surface area contributed by atoms with Crippen molar-refractivity contribution >= 4 is 33.0 Å². The first-order chi connectivity index (χ1) is 8.50. The molecule has 0 aliphatic carbocycles. The number of halogens is 1.